The number of carbonyl (C=O) groups excluding carboxylic acids is 2. The molecule has 0 saturated carbocycles. The van der Waals surface area contributed by atoms with Crippen molar-refractivity contribution in [2.75, 3.05) is 6.61 Å². The van der Waals surface area contributed by atoms with E-state index >= 15 is 0 Å². The van der Waals surface area contributed by atoms with Gasteiger partial charge in [0, 0.05) is 6.42 Å². The Labute approximate surface area is 131 Å². The van der Waals surface area contributed by atoms with Gasteiger partial charge in [0.2, 0.25) is 5.91 Å². The maximum absolute atomic E-state index is 12.2. The molecule has 0 fully saturated rings. The highest BCUT2D eigenvalue weighted by molar-refractivity contribution is 6.06. The lowest BCUT2D eigenvalue weighted by Gasteiger charge is -2.21. The Balaban J connectivity index is 2.12. The fourth-order valence-electron chi connectivity index (χ4n) is 2.58. The smallest absolute Gasteiger partial charge is 0.331 e. The van der Waals surface area contributed by atoms with E-state index in [9.17, 15) is 9.59 Å². The minimum atomic E-state index is -0.623. The average molecular weight is 302 g/mol. The normalized spacial score (nSPS) is 15.7. The topological polar surface area (TPSA) is 59.0 Å². The SMILES string of the molecule is CCOC(=O)C(CC)N1N=C(Cc2cccc(C)c2)CC1=O. The van der Waals surface area contributed by atoms with Gasteiger partial charge in [-0.3, -0.25) is 4.79 Å². The molecule has 0 aromatic heterocycles. The first-order valence-corrected chi connectivity index (χ1v) is 7.65. The van der Waals surface area contributed by atoms with Crippen LogP contribution in [0.4, 0.5) is 0 Å². The maximum Gasteiger partial charge on any atom is 0.331 e. The Morgan fingerprint density at radius 3 is 2.82 bits per heavy atom. The van der Waals surface area contributed by atoms with Crippen molar-refractivity contribution in [3.63, 3.8) is 0 Å². The first-order chi connectivity index (χ1) is 10.5. The van der Waals surface area contributed by atoms with Gasteiger partial charge >= 0.3 is 5.97 Å². The molecule has 1 aromatic rings. The predicted molar refractivity (Wildman–Crippen MR) is 84.5 cm³/mol. The number of hydrogen-bond acceptors (Lipinski definition) is 4. The van der Waals surface area contributed by atoms with E-state index in [-0.39, 0.29) is 18.3 Å². The molecule has 5 heteroatoms. The molecule has 0 saturated heterocycles. The zero-order chi connectivity index (χ0) is 16.1. The van der Waals surface area contributed by atoms with E-state index in [0.29, 0.717) is 19.4 Å². The Morgan fingerprint density at radius 1 is 1.41 bits per heavy atom. The standard InChI is InChI=1S/C17H22N2O3/c1-4-15(17(21)22-5-2)19-16(20)11-14(18-19)10-13-8-6-7-12(3)9-13/h6-9,15H,4-5,10-11H2,1-3H3. The number of nitrogens with zero attached hydrogens (tertiary/aromatic N) is 2. The van der Waals surface area contributed by atoms with Crippen molar-refractivity contribution in [3.05, 3.63) is 35.4 Å². The van der Waals surface area contributed by atoms with Crippen LogP contribution in [0.5, 0.6) is 0 Å². The highest BCUT2D eigenvalue weighted by Gasteiger charge is 2.34. The molecule has 1 aromatic carbocycles. The second-order valence-corrected chi connectivity index (χ2v) is 5.42. The van der Waals surface area contributed by atoms with Gasteiger partial charge in [-0.1, -0.05) is 36.8 Å². The van der Waals surface area contributed by atoms with E-state index in [1.54, 1.807) is 6.92 Å². The summed E-state index contributed by atoms with van der Waals surface area (Å²) in [5, 5.41) is 5.66. The Kier molecular flexibility index (Phi) is 5.31. The van der Waals surface area contributed by atoms with Crippen LogP contribution in [0.2, 0.25) is 0 Å². The second-order valence-electron chi connectivity index (χ2n) is 5.42. The lowest BCUT2D eigenvalue weighted by atomic mass is 10.0. The fraction of sp³-hybridized carbons (Fsp3) is 0.471. The predicted octanol–water partition coefficient (Wildman–Crippen LogP) is 2.47. The van der Waals surface area contributed by atoms with Crippen LogP contribution < -0.4 is 0 Å². The largest absolute Gasteiger partial charge is 0.464 e. The second kappa shape index (κ2) is 7.20. The van der Waals surface area contributed by atoms with Crippen molar-refractivity contribution in [1.29, 1.82) is 0 Å². The minimum absolute atomic E-state index is 0.137. The molecule has 0 aliphatic carbocycles. The maximum atomic E-state index is 12.2. The molecular weight excluding hydrogens is 280 g/mol. The van der Waals surface area contributed by atoms with Gasteiger partial charge in [-0.05, 0) is 25.8 Å². The van der Waals surface area contributed by atoms with Gasteiger partial charge in [0.25, 0.3) is 0 Å². The number of amides is 1. The van der Waals surface area contributed by atoms with Crippen molar-refractivity contribution in [2.24, 2.45) is 5.10 Å². The van der Waals surface area contributed by atoms with Gasteiger partial charge in [0.1, 0.15) is 0 Å². The summed E-state index contributed by atoms with van der Waals surface area (Å²) in [7, 11) is 0. The van der Waals surface area contributed by atoms with Crippen molar-refractivity contribution in [3.8, 4) is 0 Å². The van der Waals surface area contributed by atoms with E-state index in [2.05, 4.69) is 11.2 Å². The molecule has 1 aliphatic heterocycles. The van der Waals surface area contributed by atoms with Crippen LogP contribution in [0, 0.1) is 6.92 Å². The first-order valence-electron chi connectivity index (χ1n) is 7.65. The number of benzene rings is 1. The van der Waals surface area contributed by atoms with Gasteiger partial charge < -0.3 is 4.74 Å². The van der Waals surface area contributed by atoms with Crippen LogP contribution in [-0.2, 0) is 20.7 Å². The molecule has 1 aliphatic rings. The first kappa shape index (κ1) is 16.2. The third-order valence-corrected chi connectivity index (χ3v) is 3.59. The summed E-state index contributed by atoms with van der Waals surface area (Å²) in [5.74, 6) is -0.526. The van der Waals surface area contributed by atoms with Crippen LogP contribution in [-0.4, -0.2) is 35.2 Å². The van der Waals surface area contributed by atoms with Crippen LogP contribution in [0.25, 0.3) is 0 Å². The number of esters is 1. The van der Waals surface area contributed by atoms with Gasteiger partial charge in [0.05, 0.1) is 18.7 Å². The van der Waals surface area contributed by atoms with Crippen LogP contribution in [0.3, 0.4) is 0 Å². The Morgan fingerprint density at radius 2 is 2.18 bits per heavy atom. The van der Waals surface area contributed by atoms with Crippen molar-refractivity contribution in [1.82, 2.24) is 5.01 Å². The fourth-order valence-corrected chi connectivity index (χ4v) is 2.58. The number of aryl methyl sites for hydroxylation is 1. The molecule has 0 N–H and O–H groups in total. The summed E-state index contributed by atoms with van der Waals surface area (Å²) in [5.41, 5.74) is 3.09. The monoisotopic (exact) mass is 302 g/mol. The molecule has 0 spiro atoms. The van der Waals surface area contributed by atoms with E-state index in [0.717, 1.165) is 11.3 Å². The van der Waals surface area contributed by atoms with E-state index in [1.807, 2.05) is 32.0 Å². The van der Waals surface area contributed by atoms with Crippen LogP contribution >= 0.6 is 0 Å². The van der Waals surface area contributed by atoms with Gasteiger partial charge in [-0.25, -0.2) is 9.80 Å². The molecule has 5 nitrogen and oxygen atoms in total. The molecule has 118 valence electrons. The van der Waals surface area contributed by atoms with E-state index in [1.165, 1.54) is 10.6 Å². The molecular formula is C17H22N2O3. The summed E-state index contributed by atoms with van der Waals surface area (Å²) in [6.45, 7) is 5.94. The van der Waals surface area contributed by atoms with Gasteiger partial charge in [-0.2, -0.15) is 5.10 Å². The number of hydrazone groups is 1. The van der Waals surface area contributed by atoms with E-state index in [4.69, 9.17) is 4.74 Å². The molecule has 1 amide bonds. The molecule has 0 bridgehead atoms. The molecule has 1 heterocycles. The number of carbonyl (C=O) groups is 2. The lowest BCUT2D eigenvalue weighted by Crippen LogP contribution is -2.40. The van der Waals surface area contributed by atoms with Crippen molar-refractivity contribution in [2.45, 2.75) is 46.1 Å². The number of hydrogen-bond donors (Lipinski definition) is 0. The van der Waals surface area contributed by atoms with Crippen LogP contribution in [0.15, 0.2) is 29.4 Å². The average Bonchev–Trinajstić information content (AvgIpc) is 2.81. The third kappa shape index (κ3) is 3.72. The lowest BCUT2D eigenvalue weighted by molar-refractivity contribution is -0.154. The summed E-state index contributed by atoms with van der Waals surface area (Å²) >= 11 is 0. The third-order valence-electron chi connectivity index (χ3n) is 3.59. The zero-order valence-electron chi connectivity index (χ0n) is 13.3. The molecule has 22 heavy (non-hydrogen) atoms. The molecule has 0 radical (unpaired) electrons. The van der Waals surface area contributed by atoms with Crippen LogP contribution in [0.1, 0.15) is 37.8 Å². The zero-order valence-corrected chi connectivity index (χ0v) is 13.3. The molecule has 1 unspecified atom stereocenters. The summed E-state index contributed by atoms with van der Waals surface area (Å²) < 4.78 is 5.02. The van der Waals surface area contributed by atoms with Gasteiger partial charge in [0.15, 0.2) is 6.04 Å². The summed E-state index contributed by atoms with van der Waals surface area (Å²) in [4.78, 5) is 24.1. The summed E-state index contributed by atoms with van der Waals surface area (Å²) in [6, 6.07) is 7.50. The van der Waals surface area contributed by atoms with Crippen molar-refractivity contribution < 1.29 is 14.3 Å². The molecule has 2 rings (SSSR count). The van der Waals surface area contributed by atoms with E-state index < -0.39 is 6.04 Å². The number of ether oxygens (including phenoxy) is 1. The Bertz CT molecular complexity index is 595. The number of rotatable bonds is 6. The minimum Gasteiger partial charge on any atom is -0.464 e. The molecule has 1 atom stereocenters. The highest BCUT2D eigenvalue weighted by atomic mass is 16.5. The highest BCUT2D eigenvalue weighted by Crippen LogP contribution is 2.18. The Hall–Kier alpha value is -2.17. The quantitative estimate of drug-likeness (QED) is 0.758. The van der Waals surface area contributed by atoms with Gasteiger partial charge in [-0.15, -0.1) is 0 Å². The summed E-state index contributed by atoms with van der Waals surface area (Å²) in [6.07, 6.45) is 1.39. The van der Waals surface area contributed by atoms with Crippen molar-refractivity contribution >= 4 is 17.6 Å².